The van der Waals surface area contributed by atoms with Crippen molar-refractivity contribution in [1.82, 2.24) is 15.1 Å². The molecular weight excluding hydrogens is 278 g/mol. The van der Waals surface area contributed by atoms with Gasteiger partial charge in [-0.2, -0.15) is 5.10 Å². The van der Waals surface area contributed by atoms with Crippen molar-refractivity contribution in [2.75, 3.05) is 0 Å². The van der Waals surface area contributed by atoms with Gasteiger partial charge in [0.2, 0.25) is 0 Å². The molecule has 0 fully saturated rings. The maximum Gasteiger partial charge on any atom is 0.328 e. The van der Waals surface area contributed by atoms with E-state index in [0.717, 1.165) is 16.6 Å². The van der Waals surface area contributed by atoms with Crippen molar-refractivity contribution in [3.8, 4) is 0 Å². The van der Waals surface area contributed by atoms with E-state index in [0.29, 0.717) is 11.4 Å². The van der Waals surface area contributed by atoms with Gasteiger partial charge in [-0.25, -0.2) is 4.79 Å². The highest BCUT2D eigenvalue weighted by Gasteiger charge is 2.09. The minimum absolute atomic E-state index is 0.189. The molecule has 2 aromatic rings. The lowest BCUT2D eigenvalue weighted by atomic mass is 10.3. The number of nitrogens with one attached hydrogen (secondary N) is 1. The normalized spacial score (nSPS) is 10.8. The monoisotopic (exact) mass is 291 g/mol. The average Bonchev–Trinajstić information content (AvgIpc) is 3.02. The molecule has 0 aliphatic heterocycles. The second-order valence-electron chi connectivity index (χ2n) is 4.00. The van der Waals surface area contributed by atoms with E-state index in [1.165, 1.54) is 17.4 Å². The third kappa shape index (κ3) is 3.55. The summed E-state index contributed by atoms with van der Waals surface area (Å²) in [5.74, 6) is -1.20. The molecule has 0 radical (unpaired) electrons. The van der Waals surface area contributed by atoms with Gasteiger partial charge < -0.3 is 10.4 Å². The zero-order chi connectivity index (χ0) is 14.5. The first-order valence-electron chi connectivity index (χ1n) is 5.82. The van der Waals surface area contributed by atoms with Gasteiger partial charge in [0.1, 0.15) is 0 Å². The van der Waals surface area contributed by atoms with E-state index in [4.69, 9.17) is 5.11 Å². The Hall–Kier alpha value is -2.41. The molecule has 2 heterocycles. The number of aryl methyl sites for hydroxylation is 1. The highest BCUT2D eigenvalue weighted by Crippen LogP contribution is 2.18. The zero-order valence-corrected chi connectivity index (χ0v) is 11.6. The molecule has 0 saturated carbocycles. The fraction of sp³-hybridized carbons (Fsp3) is 0.154. The number of aromatic nitrogens is 2. The van der Waals surface area contributed by atoms with E-state index in [-0.39, 0.29) is 5.91 Å². The summed E-state index contributed by atoms with van der Waals surface area (Å²) in [5.41, 5.74) is 0.904. The van der Waals surface area contributed by atoms with E-state index >= 15 is 0 Å². The summed E-state index contributed by atoms with van der Waals surface area (Å²) in [6, 6.07) is 5.21. The number of hydrogen-bond donors (Lipinski definition) is 2. The van der Waals surface area contributed by atoms with Gasteiger partial charge in [-0.15, -0.1) is 11.3 Å². The van der Waals surface area contributed by atoms with Crippen LogP contribution < -0.4 is 5.32 Å². The van der Waals surface area contributed by atoms with Crippen molar-refractivity contribution in [3.05, 3.63) is 45.9 Å². The van der Waals surface area contributed by atoms with Crippen LogP contribution in [0.5, 0.6) is 0 Å². The van der Waals surface area contributed by atoms with Crippen LogP contribution in [0.4, 0.5) is 0 Å². The number of rotatable bonds is 5. The summed E-state index contributed by atoms with van der Waals surface area (Å²) in [6.07, 6.45) is 4.18. The first kappa shape index (κ1) is 14.0. The Kier molecular flexibility index (Phi) is 4.31. The summed E-state index contributed by atoms with van der Waals surface area (Å²) in [7, 11) is 1.81. The summed E-state index contributed by atoms with van der Waals surface area (Å²) in [6.45, 7) is 0.396. The smallest absolute Gasteiger partial charge is 0.328 e. The SMILES string of the molecule is Cn1nccc1CNC(=O)c1ccc(C=CC(=O)O)s1. The Morgan fingerprint density at radius 1 is 1.45 bits per heavy atom. The van der Waals surface area contributed by atoms with Crippen LogP contribution in [-0.4, -0.2) is 26.8 Å². The highest BCUT2D eigenvalue weighted by molar-refractivity contribution is 7.14. The van der Waals surface area contributed by atoms with Crippen LogP contribution in [0.1, 0.15) is 20.2 Å². The molecule has 0 spiro atoms. The predicted molar refractivity (Wildman–Crippen MR) is 75.4 cm³/mol. The molecule has 2 rings (SSSR count). The molecule has 1 amide bonds. The molecule has 2 N–H and O–H groups in total. The lowest BCUT2D eigenvalue weighted by Gasteiger charge is -2.03. The van der Waals surface area contributed by atoms with Gasteiger partial charge in [-0.1, -0.05) is 0 Å². The van der Waals surface area contributed by atoms with Crippen molar-refractivity contribution in [1.29, 1.82) is 0 Å². The largest absolute Gasteiger partial charge is 0.478 e. The molecule has 2 aromatic heterocycles. The number of carbonyl (C=O) groups excluding carboxylic acids is 1. The van der Waals surface area contributed by atoms with Gasteiger partial charge >= 0.3 is 5.97 Å². The topological polar surface area (TPSA) is 84.2 Å². The quantitative estimate of drug-likeness (QED) is 0.818. The lowest BCUT2D eigenvalue weighted by molar-refractivity contribution is -0.131. The Morgan fingerprint density at radius 2 is 2.25 bits per heavy atom. The third-order valence-corrected chi connectivity index (χ3v) is 3.64. The Morgan fingerprint density at radius 3 is 2.90 bits per heavy atom. The molecule has 0 saturated heterocycles. The van der Waals surface area contributed by atoms with Gasteiger partial charge in [-0.3, -0.25) is 9.48 Å². The lowest BCUT2D eigenvalue weighted by Crippen LogP contribution is -2.23. The van der Waals surface area contributed by atoms with Crippen molar-refractivity contribution in [2.24, 2.45) is 7.05 Å². The Balaban J connectivity index is 1.96. The van der Waals surface area contributed by atoms with Gasteiger partial charge in [0.15, 0.2) is 0 Å². The van der Waals surface area contributed by atoms with Gasteiger partial charge in [0.25, 0.3) is 5.91 Å². The fourth-order valence-electron chi connectivity index (χ4n) is 1.55. The summed E-state index contributed by atoms with van der Waals surface area (Å²) < 4.78 is 1.69. The maximum absolute atomic E-state index is 11.9. The maximum atomic E-state index is 11.9. The van der Waals surface area contributed by atoms with E-state index in [1.54, 1.807) is 30.1 Å². The first-order chi connectivity index (χ1) is 9.56. The van der Waals surface area contributed by atoms with Crippen LogP contribution in [0, 0.1) is 0 Å². The molecule has 6 nitrogen and oxygen atoms in total. The molecule has 0 bridgehead atoms. The molecule has 0 aromatic carbocycles. The Bertz CT molecular complexity index is 657. The van der Waals surface area contributed by atoms with Crippen molar-refractivity contribution < 1.29 is 14.7 Å². The molecule has 0 aliphatic carbocycles. The molecular formula is C13H13N3O3S. The van der Waals surface area contributed by atoms with Crippen molar-refractivity contribution in [2.45, 2.75) is 6.54 Å². The average molecular weight is 291 g/mol. The van der Waals surface area contributed by atoms with Gasteiger partial charge in [0, 0.05) is 24.2 Å². The van der Waals surface area contributed by atoms with Crippen LogP contribution in [0.2, 0.25) is 0 Å². The van der Waals surface area contributed by atoms with Crippen LogP contribution in [0.25, 0.3) is 6.08 Å². The van der Waals surface area contributed by atoms with Gasteiger partial charge in [0.05, 0.1) is 17.1 Å². The molecule has 0 atom stereocenters. The van der Waals surface area contributed by atoms with Crippen LogP contribution in [0.3, 0.4) is 0 Å². The molecule has 104 valence electrons. The highest BCUT2D eigenvalue weighted by atomic mass is 32.1. The molecule has 0 unspecified atom stereocenters. The number of nitrogens with zero attached hydrogens (tertiary/aromatic N) is 2. The molecule has 7 heteroatoms. The van der Waals surface area contributed by atoms with E-state index in [1.807, 2.05) is 6.07 Å². The number of thiophene rings is 1. The standard InChI is InChI=1S/C13H13N3O3S/c1-16-9(6-7-15-16)8-14-13(19)11-4-2-10(20-11)3-5-12(17)18/h2-7H,8H2,1H3,(H,14,19)(H,17,18). The molecule has 0 aliphatic rings. The number of carboxylic acids is 1. The fourth-order valence-corrected chi connectivity index (χ4v) is 2.38. The number of carboxylic acid groups (broad SMARTS) is 1. The van der Waals surface area contributed by atoms with Crippen LogP contribution in [0.15, 0.2) is 30.5 Å². The predicted octanol–water partition coefficient (Wildman–Crippen LogP) is 1.51. The minimum atomic E-state index is -1.01. The second-order valence-corrected chi connectivity index (χ2v) is 5.12. The second kappa shape index (κ2) is 6.16. The first-order valence-corrected chi connectivity index (χ1v) is 6.64. The van der Waals surface area contributed by atoms with Gasteiger partial charge in [-0.05, 0) is 24.3 Å². The van der Waals surface area contributed by atoms with Crippen molar-refractivity contribution in [3.63, 3.8) is 0 Å². The summed E-state index contributed by atoms with van der Waals surface area (Å²) in [4.78, 5) is 23.6. The number of amides is 1. The molecule has 20 heavy (non-hydrogen) atoms. The van der Waals surface area contributed by atoms with E-state index in [9.17, 15) is 9.59 Å². The van der Waals surface area contributed by atoms with E-state index in [2.05, 4.69) is 10.4 Å². The Labute approximate surface area is 119 Å². The minimum Gasteiger partial charge on any atom is -0.478 e. The summed E-state index contributed by atoms with van der Waals surface area (Å²) in [5, 5.41) is 15.3. The van der Waals surface area contributed by atoms with Crippen LogP contribution >= 0.6 is 11.3 Å². The van der Waals surface area contributed by atoms with Crippen molar-refractivity contribution >= 4 is 29.3 Å². The zero-order valence-electron chi connectivity index (χ0n) is 10.7. The van der Waals surface area contributed by atoms with E-state index < -0.39 is 5.97 Å². The number of carbonyl (C=O) groups is 2. The number of aliphatic carboxylic acids is 1. The number of hydrogen-bond acceptors (Lipinski definition) is 4. The third-order valence-electron chi connectivity index (χ3n) is 2.59. The summed E-state index contributed by atoms with van der Waals surface area (Å²) >= 11 is 1.24. The van der Waals surface area contributed by atoms with Crippen LogP contribution in [-0.2, 0) is 18.4 Å².